The zero-order valence-corrected chi connectivity index (χ0v) is 15.0. The van der Waals surface area contributed by atoms with Crippen molar-refractivity contribution in [1.29, 1.82) is 0 Å². The van der Waals surface area contributed by atoms with Crippen molar-refractivity contribution in [2.75, 3.05) is 40.4 Å². The second-order valence-electron chi connectivity index (χ2n) is 6.77. The minimum Gasteiger partial charge on any atom is -0.383 e. The Labute approximate surface area is 148 Å². The number of aromatic amines is 1. The molecular formula is C19H27FN4O. The van der Waals surface area contributed by atoms with Crippen LogP contribution in [0.15, 0.2) is 30.5 Å². The van der Waals surface area contributed by atoms with Crippen molar-refractivity contribution in [3.8, 4) is 11.3 Å². The fraction of sp³-hybridized carbons (Fsp3) is 0.526. The summed E-state index contributed by atoms with van der Waals surface area (Å²) >= 11 is 0. The largest absolute Gasteiger partial charge is 0.383 e. The van der Waals surface area contributed by atoms with E-state index in [4.69, 9.17) is 4.74 Å². The van der Waals surface area contributed by atoms with Crippen molar-refractivity contribution >= 4 is 0 Å². The molecule has 1 saturated heterocycles. The number of halogens is 1. The van der Waals surface area contributed by atoms with Gasteiger partial charge < -0.3 is 9.64 Å². The number of benzene rings is 1. The van der Waals surface area contributed by atoms with Crippen LogP contribution in [0.4, 0.5) is 4.39 Å². The molecule has 6 heteroatoms. The quantitative estimate of drug-likeness (QED) is 0.837. The number of aromatic nitrogens is 2. The van der Waals surface area contributed by atoms with Crippen LogP contribution >= 0.6 is 0 Å². The van der Waals surface area contributed by atoms with Crippen molar-refractivity contribution in [1.82, 2.24) is 20.0 Å². The van der Waals surface area contributed by atoms with E-state index in [1.807, 2.05) is 6.20 Å². The van der Waals surface area contributed by atoms with Crippen molar-refractivity contribution in [3.63, 3.8) is 0 Å². The van der Waals surface area contributed by atoms with Crippen LogP contribution in [0.25, 0.3) is 11.3 Å². The zero-order chi connectivity index (χ0) is 17.6. The molecule has 0 unspecified atom stereocenters. The fourth-order valence-corrected chi connectivity index (χ4v) is 3.48. The highest BCUT2D eigenvalue weighted by Gasteiger charge is 2.24. The van der Waals surface area contributed by atoms with Crippen molar-refractivity contribution in [3.05, 3.63) is 41.8 Å². The monoisotopic (exact) mass is 346 g/mol. The van der Waals surface area contributed by atoms with Gasteiger partial charge in [0.25, 0.3) is 0 Å². The normalized spacial score (nSPS) is 16.6. The minimum absolute atomic E-state index is 0.224. The number of nitrogens with zero attached hydrogens (tertiary/aromatic N) is 3. The molecule has 5 nitrogen and oxygen atoms in total. The molecule has 0 saturated carbocycles. The summed E-state index contributed by atoms with van der Waals surface area (Å²) in [6, 6.07) is 7.12. The molecule has 0 bridgehead atoms. The maximum absolute atomic E-state index is 13.2. The number of hydrogen-bond donors (Lipinski definition) is 1. The van der Waals surface area contributed by atoms with E-state index >= 15 is 0 Å². The van der Waals surface area contributed by atoms with E-state index < -0.39 is 0 Å². The summed E-state index contributed by atoms with van der Waals surface area (Å²) in [5.41, 5.74) is 3.07. The topological polar surface area (TPSA) is 44.4 Å². The van der Waals surface area contributed by atoms with Crippen LogP contribution in [0.1, 0.15) is 18.4 Å². The van der Waals surface area contributed by atoms with Gasteiger partial charge in [0.15, 0.2) is 0 Å². The van der Waals surface area contributed by atoms with E-state index in [0.717, 1.165) is 49.6 Å². The summed E-state index contributed by atoms with van der Waals surface area (Å²) in [7, 11) is 3.92. The number of likely N-dealkylation sites (tertiary alicyclic amines) is 1. The molecule has 0 aliphatic carbocycles. The lowest BCUT2D eigenvalue weighted by Gasteiger charge is -2.37. The maximum atomic E-state index is 13.2. The number of piperidine rings is 1. The highest BCUT2D eigenvalue weighted by molar-refractivity contribution is 5.62. The summed E-state index contributed by atoms with van der Waals surface area (Å²) < 4.78 is 18.5. The Kier molecular flexibility index (Phi) is 6.18. The van der Waals surface area contributed by atoms with Gasteiger partial charge in [-0.05, 0) is 57.2 Å². The summed E-state index contributed by atoms with van der Waals surface area (Å²) in [6.45, 7) is 4.70. The van der Waals surface area contributed by atoms with Gasteiger partial charge in [0, 0.05) is 37.4 Å². The number of H-pyrrole nitrogens is 1. The number of methoxy groups -OCH3 is 1. The first-order chi connectivity index (χ1) is 12.2. The van der Waals surface area contributed by atoms with Gasteiger partial charge in [-0.3, -0.25) is 10.00 Å². The minimum atomic E-state index is -0.224. The molecule has 1 N–H and O–H groups in total. The lowest BCUT2D eigenvalue weighted by molar-refractivity contribution is 0.0803. The summed E-state index contributed by atoms with van der Waals surface area (Å²) in [5, 5.41) is 7.30. The summed E-state index contributed by atoms with van der Waals surface area (Å²) in [5.74, 6) is -0.224. The Morgan fingerprint density at radius 3 is 2.68 bits per heavy atom. The van der Waals surface area contributed by atoms with Gasteiger partial charge in [-0.2, -0.15) is 5.10 Å². The van der Waals surface area contributed by atoms with Gasteiger partial charge in [0.05, 0.1) is 18.5 Å². The molecular weight excluding hydrogens is 319 g/mol. The lowest BCUT2D eigenvalue weighted by Crippen LogP contribution is -2.44. The van der Waals surface area contributed by atoms with Gasteiger partial charge in [0.2, 0.25) is 0 Å². The fourth-order valence-electron chi connectivity index (χ4n) is 3.48. The molecule has 1 aromatic heterocycles. The number of hydrogen-bond acceptors (Lipinski definition) is 4. The van der Waals surface area contributed by atoms with Crippen LogP contribution < -0.4 is 0 Å². The van der Waals surface area contributed by atoms with E-state index in [1.54, 1.807) is 19.2 Å². The number of rotatable bonds is 7. The van der Waals surface area contributed by atoms with Crippen molar-refractivity contribution in [2.24, 2.45) is 0 Å². The summed E-state index contributed by atoms with van der Waals surface area (Å²) in [4.78, 5) is 4.88. The second kappa shape index (κ2) is 8.56. The molecule has 1 aromatic carbocycles. The molecule has 0 atom stereocenters. The Morgan fingerprint density at radius 2 is 2.00 bits per heavy atom. The van der Waals surface area contributed by atoms with E-state index in [1.165, 1.54) is 25.0 Å². The van der Waals surface area contributed by atoms with E-state index in [9.17, 15) is 4.39 Å². The number of nitrogens with one attached hydrogen (secondary N) is 1. The van der Waals surface area contributed by atoms with E-state index in [2.05, 4.69) is 27.0 Å². The smallest absolute Gasteiger partial charge is 0.123 e. The molecule has 136 valence electrons. The van der Waals surface area contributed by atoms with Crippen LogP contribution in [-0.2, 0) is 11.3 Å². The SMILES string of the molecule is COCCN(Cc1cn[nH]c1-c1ccc(F)cc1)C1CCN(C)CC1. The number of ether oxygens (including phenoxy) is 1. The Morgan fingerprint density at radius 1 is 1.28 bits per heavy atom. The Balaban J connectivity index is 1.75. The van der Waals surface area contributed by atoms with Crippen LogP contribution in [0, 0.1) is 5.82 Å². The van der Waals surface area contributed by atoms with Crippen LogP contribution in [0.5, 0.6) is 0 Å². The first kappa shape index (κ1) is 18.0. The molecule has 0 amide bonds. The molecule has 25 heavy (non-hydrogen) atoms. The highest BCUT2D eigenvalue weighted by atomic mass is 19.1. The second-order valence-corrected chi connectivity index (χ2v) is 6.77. The standard InChI is InChI=1S/C19H27FN4O/c1-23-9-7-18(8-10-23)24(11-12-25-2)14-16-13-21-22-19(16)15-3-5-17(20)6-4-15/h3-6,13,18H,7-12,14H2,1-2H3,(H,21,22). The van der Waals surface area contributed by atoms with Gasteiger partial charge in [-0.25, -0.2) is 4.39 Å². The van der Waals surface area contributed by atoms with E-state index in [-0.39, 0.29) is 5.82 Å². The van der Waals surface area contributed by atoms with Crippen molar-refractivity contribution in [2.45, 2.75) is 25.4 Å². The zero-order valence-electron chi connectivity index (χ0n) is 15.0. The maximum Gasteiger partial charge on any atom is 0.123 e. The average Bonchev–Trinajstić information content (AvgIpc) is 3.08. The molecule has 3 rings (SSSR count). The third-order valence-corrected chi connectivity index (χ3v) is 5.01. The van der Waals surface area contributed by atoms with Gasteiger partial charge in [-0.15, -0.1) is 0 Å². The molecule has 1 aliphatic heterocycles. The van der Waals surface area contributed by atoms with Crippen molar-refractivity contribution < 1.29 is 9.13 Å². The predicted octanol–water partition coefficient (Wildman–Crippen LogP) is 2.76. The van der Waals surface area contributed by atoms with Gasteiger partial charge in [-0.1, -0.05) is 0 Å². The molecule has 1 fully saturated rings. The Bertz CT molecular complexity index is 650. The highest BCUT2D eigenvalue weighted by Crippen LogP contribution is 2.25. The summed E-state index contributed by atoms with van der Waals surface area (Å²) in [6.07, 6.45) is 4.22. The average molecular weight is 346 g/mol. The lowest BCUT2D eigenvalue weighted by atomic mass is 10.0. The molecule has 2 heterocycles. The molecule has 0 spiro atoms. The van der Waals surface area contributed by atoms with Gasteiger partial charge >= 0.3 is 0 Å². The first-order valence-electron chi connectivity index (χ1n) is 8.87. The van der Waals surface area contributed by atoms with Crippen LogP contribution in [0.2, 0.25) is 0 Å². The first-order valence-corrected chi connectivity index (χ1v) is 8.87. The van der Waals surface area contributed by atoms with Crippen LogP contribution in [-0.4, -0.2) is 66.4 Å². The van der Waals surface area contributed by atoms with E-state index in [0.29, 0.717) is 6.04 Å². The molecule has 0 radical (unpaired) electrons. The molecule has 1 aliphatic rings. The predicted molar refractivity (Wildman–Crippen MR) is 96.8 cm³/mol. The third kappa shape index (κ3) is 4.66. The van der Waals surface area contributed by atoms with Gasteiger partial charge in [0.1, 0.15) is 5.82 Å². The molecule has 2 aromatic rings. The van der Waals surface area contributed by atoms with Crippen LogP contribution in [0.3, 0.4) is 0 Å². The third-order valence-electron chi connectivity index (χ3n) is 5.01. The Hall–Kier alpha value is -1.76.